The van der Waals surface area contributed by atoms with Crippen molar-refractivity contribution in [3.8, 4) is 5.75 Å². The molecule has 0 radical (unpaired) electrons. The fourth-order valence-corrected chi connectivity index (χ4v) is 1.10. The van der Waals surface area contributed by atoms with E-state index in [1.165, 1.54) is 12.1 Å². The highest BCUT2D eigenvalue weighted by atomic mass is 32.2. The maximum Gasteiger partial charge on any atom is 0.333 e. The summed E-state index contributed by atoms with van der Waals surface area (Å²) in [5.41, 5.74) is 0.536. The second kappa shape index (κ2) is 3.73. The van der Waals surface area contributed by atoms with E-state index in [-0.39, 0.29) is 12.4 Å². The van der Waals surface area contributed by atoms with Gasteiger partial charge < -0.3 is 5.11 Å². The average molecular weight is 203 g/mol. The number of hydrogen-bond acceptors (Lipinski definition) is 4. The van der Waals surface area contributed by atoms with Gasteiger partial charge in [-0.25, -0.2) is 5.14 Å². The Morgan fingerprint density at radius 3 is 2.69 bits per heavy atom. The van der Waals surface area contributed by atoms with Crippen LogP contribution < -0.4 is 5.14 Å². The van der Waals surface area contributed by atoms with Crippen LogP contribution in [0, 0.1) is 0 Å². The summed E-state index contributed by atoms with van der Waals surface area (Å²) < 4.78 is 25.1. The minimum atomic E-state index is -3.92. The van der Waals surface area contributed by atoms with Gasteiger partial charge in [-0.3, -0.25) is 4.18 Å². The zero-order valence-electron chi connectivity index (χ0n) is 6.67. The third kappa shape index (κ3) is 3.88. The molecule has 0 aliphatic heterocycles. The summed E-state index contributed by atoms with van der Waals surface area (Å²) in [5, 5.41) is 13.6. The third-order valence-electron chi connectivity index (χ3n) is 1.30. The lowest BCUT2D eigenvalue weighted by atomic mass is 10.2. The zero-order valence-corrected chi connectivity index (χ0v) is 7.49. The molecule has 1 aromatic rings. The van der Waals surface area contributed by atoms with Crippen LogP contribution in [-0.2, 0) is 21.1 Å². The Bertz CT molecular complexity index is 387. The Labute approximate surface area is 76.0 Å². The van der Waals surface area contributed by atoms with Crippen LogP contribution in [-0.4, -0.2) is 13.5 Å². The molecule has 6 heteroatoms. The summed E-state index contributed by atoms with van der Waals surface area (Å²) in [4.78, 5) is 0. The number of hydrogen-bond donors (Lipinski definition) is 2. The zero-order chi connectivity index (χ0) is 9.90. The van der Waals surface area contributed by atoms with Gasteiger partial charge in [0.2, 0.25) is 0 Å². The van der Waals surface area contributed by atoms with E-state index in [2.05, 4.69) is 9.32 Å². The van der Waals surface area contributed by atoms with Crippen molar-refractivity contribution in [3.05, 3.63) is 29.8 Å². The second-order valence-corrected chi connectivity index (χ2v) is 3.65. The van der Waals surface area contributed by atoms with E-state index in [0.29, 0.717) is 5.56 Å². The monoisotopic (exact) mass is 203 g/mol. The minimum Gasteiger partial charge on any atom is -0.508 e. The van der Waals surface area contributed by atoms with E-state index in [0.717, 1.165) is 0 Å². The molecule has 72 valence electrons. The number of rotatable bonds is 3. The Kier molecular flexibility index (Phi) is 2.86. The van der Waals surface area contributed by atoms with E-state index < -0.39 is 10.3 Å². The molecule has 0 saturated carbocycles. The van der Waals surface area contributed by atoms with Crippen LogP contribution >= 0.6 is 0 Å². The molecule has 1 aromatic carbocycles. The van der Waals surface area contributed by atoms with Crippen molar-refractivity contribution in [2.24, 2.45) is 5.14 Å². The summed E-state index contributed by atoms with van der Waals surface area (Å²) in [6.45, 7) is -0.173. The minimum absolute atomic E-state index is 0.0514. The smallest absolute Gasteiger partial charge is 0.333 e. The quantitative estimate of drug-likeness (QED) is 0.729. The summed E-state index contributed by atoms with van der Waals surface area (Å²) in [7, 11) is -3.92. The van der Waals surface area contributed by atoms with Crippen molar-refractivity contribution >= 4 is 10.3 Å². The number of phenolic OH excluding ortho intramolecular Hbond substituents is 1. The molecule has 1 rings (SSSR count). The van der Waals surface area contributed by atoms with Crippen LogP contribution in [0.2, 0.25) is 0 Å². The van der Waals surface area contributed by atoms with Crippen molar-refractivity contribution < 1.29 is 17.7 Å². The van der Waals surface area contributed by atoms with Gasteiger partial charge in [0.25, 0.3) is 0 Å². The van der Waals surface area contributed by atoms with Crippen molar-refractivity contribution in [1.29, 1.82) is 0 Å². The molecule has 13 heavy (non-hydrogen) atoms. The summed E-state index contributed by atoms with van der Waals surface area (Å²) in [6.07, 6.45) is 0. The SMILES string of the molecule is NS(=O)(=O)OCc1cccc(O)c1. The lowest BCUT2D eigenvalue weighted by Gasteiger charge is -2.01. The summed E-state index contributed by atoms with van der Waals surface area (Å²) in [5.74, 6) is 0.0514. The van der Waals surface area contributed by atoms with Gasteiger partial charge in [-0.15, -0.1) is 0 Å². The molecule has 0 aliphatic rings. The molecule has 0 saturated heterocycles. The van der Waals surface area contributed by atoms with Gasteiger partial charge >= 0.3 is 10.3 Å². The molecule has 0 spiro atoms. The molecule has 5 nitrogen and oxygen atoms in total. The number of phenols is 1. The number of nitrogens with two attached hydrogens (primary N) is 1. The first-order valence-corrected chi connectivity index (χ1v) is 4.89. The summed E-state index contributed by atoms with van der Waals surface area (Å²) in [6, 6.07) is 6.06. The molecule has 3 N–H and O–H groups in total. The molecule has 0 fully saturated rings. The second-order valence-electron chi connectivity index (χ2n) is 2.42. The molecular weight excluding hydrogens is 194 g/mol. The van der Waals surface area contributed by atoms with Crippen LogP contribution in [0.5, 0.6) is 5.75 Å². The normalized spacial score (nSPS) is 11.5. The predicted molar refractivity (Wildman–Crippen MR) is 46.0 cm³/mol. The van der Waals surface area contributed by atoms with Crippen LogP contribution in [0.15, 0.2) is 24.3 Å². The predicted octanol–water partition coefficient (Wildman–Crippen LogP) is 0.112. The van der Waals surface area contributed by atoms with Gasteiger partial charge in [-0.05, 0) is 17.7 Å². The highest BCUT2D eigenvalue weighted by Gasteiger charge is 2.02. The fraction of sp³-hybridized carbons (Fsp3) is 0.143. The Hall–Kier alpha value is -1.11. The first-order chi connectivity index (χ1) is 5.97. The largest absolute Gasteiger partial charge is 0.508 e. The van der Waals surface area contributed by atoms with E-state index >= 15 is 0 Å². The van der Waals surface area contributed by atoms with Crippen molar-refractivity contribution in [1.82, 2.24) is 0 Å². The van der Waals surface area contributed by atoms with E-state index in [9.17, 15) is 8.42 Å². The number of benzene rings is 1. The summed E-state index contributed by atoms with van der Waals surface area (Å²) >= 11 is 0. The van der Waals surface area contributed by atoms with E-state index in [1.54, 1.807) is 12.1 Å². The first kappa shape index (κ1) is 9.97. The number of aromatic hydroxyl groups is 1. The highest BCUT2D eigenvalue weighted by Crippen LogP contribution is 2.11. The highest BCUT2D eigenvalue weighted by molar-refractivity contribution is 7.84. The molecule has 0 bridgehead atoms. The maximum atomic E-state index is 10.4. The first-order valence-electron chi connectivity index (χ1n) is 3.42. The van der Waals surface area contributed by atoms with Gasteiger partial charge in [-0.1, -0.05) is 12.1 Å². The van der Waals surface area contributed by atoms with Crippen molar-refractivity contribution in [2.45, 2.75) is 6.61 Å². The Morgan fingerprint density at radius 2 is 2.15 bits per heavy atom. The van der Waals surface area contributed by atoms with Crippen LogP contribution in [0.1, 0.15) is 5.56 Å². The van der Waals surface area contributed by atoms with Crippen molar-refractivity contribution in [2.75, 3.05) is 0 Å². The molecule has 0 amide bonds. The lowest BCUT2D eigenvalue weighted by molar-refractivity contribution is 0.308. The molecule has 0 aliphatic carbocycles. The fourth-order valence-electron chi connectivity index (χ4n) is 0.796. The molecular formula is C7H9NO4S. The van der Waals surface area contributed by atoms with Gasteiger partial charge in [0.05, 0.1) is 6.61 Å². The topological polar surface area (TPSA) is 89.6 Å². The van der Waals surface area contributed by atoms with Gasteiger partial charge in [0, 0.05) is 0 Å². The molecule has 0 aromatic heterocycles. The van der Waals surface area contributed by atoms with Crippen molar-refractivity contribution in [3.63, 3.8) is 0 Å². The molecule has 0 atom stereocenters. The van der Waals surface area contributed by atoms with Gasteiger partial charge in [-0.2, -0.15) is 8.42 Å². The lowest BCUT2D eigenvalue weighted by Crippen LogP contribution is -2.15. The molecule has 0 heterocycles. The molecule has 0 unspecified atom stereocenters. The van der Waals surface area contributed by atoms with Crippen LogP contribution in [0.4, 0.5) is 0 Å². The van der Waals surface area contributed by atoms with Crippen LogP contribution in [0.3, 0.4) is 0 Å². The van der Waals surface area contributed by atoms with Gasteiger partial charge in [0.15, 0.2) is 0 Å². The van der Waals surface area contributed by atoms with E-state index in [1.807, 2.05) is 0 Å². The Balaban J connectivity index is 2.65. The third-order valence-corrected chi connectivity index (χ3v) is 1.75. The van der Waals surface area contributed by atoms with Gasteiger partial charge in [0.1, 0.15) is 5.75 Å². The van der Waals surface area contributed by atoms with Crippen LogP contribution in [0.25, 0.3) is 0 Å². The maximum absolute atomic E-state index is 10.4. The standard InChI is InChI=1S/C7H9NO4S/c8-13(10,11)12-5-6-2-1-3-7(9)4-6/h1-4,9H,5H2,(H2,8,10,11). The Morgan fingerprint density at radius 1 is 1.46 bits per heavy atom. The average Bonchev–Trinajstić information content (AvgIpc) is 2.00. The van der Waals surface area contributed by atoms with E-state index in [4.69, 9.17) is 5.11 Å².